The normalized spacial score (nSPS) is 11.6. The first kappa shape index (κ1) is 13.3. The minimum absolute atomic E-state index is 0. The van der Waals surface area contributed by atoms with Gasteiger partial charge in [-0.3, -0.25) is 10.1 Å². The molecular weight excluding hydrogens is 224 g/mol. The lowest BCUT2D eigenvalue weighted by molar-refractivity contribution is -0.117. The van der Waals surface area contributed by atoms with E-state index in [2.05, 4.69) is 15.5 Å². The third kappa shape index (κ3) is 3.57. The van der Waals surface area contributed by atoms with Gasteiger partial charge < -0.3 is 5.73 Å². The van der Waals surface area contributed by atoms with Gasteiger partial charge in [-0.1, -0.05) is 18.3 Å². The number of nitrogens with two attached hydrogens (primary N) is 1. The van der Waals surface area contributed by atoms with Gasteiger partial charge in [0.1, 0.15) is 5.01 Å². The van der Waals surface area contributed by atoms with Gasteiger partial charge in [0.2, 0.25) is 11.0 Å². The maximum atomic E-state index is 11.1. The number of halogens is 1. The van der Waals surface area contributed by atoms with Gasteiger partial charge in [-0.05, 0) is 13.3 Å². The van der Waals surface area contributed by atoms with Crippen molar-refractivity contribution < 1.29 is 4.79 Å². The second-order valence-corrected chi connectivity index (χ2v) is 3.69. The van der Waals surface area contributed by atoms with Crippen LogP contribution < -0.4 is 11.1 Å². The molecule has 14 heavy (non-hydrogen) atoms. The summed E-state index contributed by atoms with van der Waals surface area (Å²) in [7, 11) is 0. The minimum Gasteiger partial charge on any atom is -0.320 e. The number of rotatable bonds is 3. The average Bonchev–Trinajstić information content (AvgIpc) is 2.52. The van der Waals surface area contributed by atoms with Crippen molar-refractivity contribution in [2.75, 3.05) is 5.32 Å². The smallest absolute Gasteiger partial charge is 0.242 e. The summed E-state index contributed by atoms with van der Waals surface area (Å²) in [5.74, 6) is -0.237. The highest BCUT2D eigenvalue weighted by atomic mass is 35.5. The van der Waals surface area contributed by atoms with Crippen molar-refractivity contribution in [1.29, 1.82) is 0 Å². The Hall–Kier alpha value is -0.720. The fourth-order valence-corrected chi connectivity index (χ4v) is 1.35. The molecule has 5 nitrogen and oxygen atoms in total. The Labute approximate surface area is 92.5 Å². The van der Waals surface area contributed by atoms with Gasteiger partial charge in [0, 0.05) is 0 Å². The molecule has 1 aromatic rings. The number of nitrogens with one attached hydrogen (secondary N) is 1. The van der Waals surface area contributed by atoms with Gasteiger partial charge in [-0.15, -0.1) is 22.6 Å². The molecule has 0 bridgehead atoms. The highest BCUT2D eigenvalue weighted by Crippen LogP contribution is 2.15. The van der Waals surface area contributed by atoms with E-state index in [4.69, 9.17) is 5.73 Å². The lowest BCUT2D eigenvalue weighted by atomic mass is 10.3. The fraction of sp³-hybridized carbons (Fsp3) is 0.571. The van der Waals surface area contributed by atoms with E-state index in [0.717, 1.165) is 11.4 Å². The van der Waals surface area contributed by atoms with Crippen LogP contribution in [0.2, 0.25) is 0 Å². The number of aryl methyl sites for hydroxylation is 1. The average molecular weight is 237 g/mol. The Bertz CT molecular complexity index is 302. The largest absolute Gasteiger partial charge is 0.320 e. The third-order valence-electron chi connectivity index (χ3n) is 1.41. The molecule has 1 atom stereocenters. The number of hydrogen-bond donors (Lipinski definition) is 2. The Balaban J connectivity index is 0.00000169. The summed E-state index contributed by atoms with van der Waals surface area (Å²) in [5.41, 5.74) is 5.37. The Morgan fingerprint density at radius 3 is 2.71 bits per heavy atom. The summed E-state index contributed by atoms with van der Waals surface area (Å²) in [5, 5.41) is 11.6. The number of anilines is 1. The molecule has 0 fully saturated rings. The zero-order valence-corrected chi connectivity index (χ0v) is 9.61. The van der Waals surface area contributed by atoms with E-state index in [-0.39, 0.29) is 18.3 Å². The van der Waals surface area contributed by atoms with Crippen LogP contribution in [0, 0.1) is 0 Å². The molecule has 0 saturated heterocycles. The first-order valence-corrected chi connectivity index (χ1v) is 4.84. The van der Waals surface area contributed by atoms with Crippen LogP contribution in [0.25, 0.3) is 0 Å². The summed E-state index contributed by atoms with van der Waals surface area (Å²) in [6.45, 7) is 3.61. The summed E-state index contributed by atoms with van der Waals surface area (Å²) in [4.78, 5) is 11.1. The van der Waals surface area contributed by atoms with Gasteiger partial charge in [-0.25, -0.2) is 0 Å². The van der Waals surface area contributed by atoms with Gasteiger partial charge in [0.05, 0.1) is 6.04 Å². The second-order valence-electron chi connectivity index (χ2n) is 2.63. The lowest BCUT2D eigenvalue weighted by Gasteiger charge is -2.02. The van der Waals surface area contributed by atoms with E-state index >= 15 is 0 Å². The lowest BCUT2D eigenvalue weighted by Crippen LogP contribution is -2.32. The number of hydrogen-bond acceptors (Lipinski definition) is 5. The number of amides is 1. The Morgan fingerprint density at radius 1 is 1.64 bits per heavy atom. The van der Waals surface area contributed by atoms with Crippen molar-refractivity contribution in [2.24, 2.45) is 5.73 Å². The molecule has 1 heterocycles. The van der Waals surface area contributed by atoms with Crippen molar-refractivity contribution in [3.8, 4) is 0 Å². The standard InChI is InChI=1S/C7H12N4OS.ClH/c1-3-5-10-11-7(13-5)9-6(12)4(2)8;/h4H,3,8H2,1-2H3,(H,9,11,12);1H. The van der Waals surface area contributed by atoms with Crippen LogP contribution in [0.5, 0.6) is 0 Å². The molecule has 0 radical (unpaired) electrons. The monoisotopic (exact) mass is 236 g/mol. The topological polar surface area (TPSA) is 80.9 Å². The maximum absolute atomic E-state index is 11.1. The molecule has 0 aromatic carbocycles. The zero-order chi connectivity index (χ0) is 9.84. The van der Waals surface area contributed by atoms with E-state index in [0.29, 0.717) is 5.13 Å². The van der Waals surface area contributed by atoms with E-state index in [1.165, 1.54) is 11.3 Å². The van der Waals surface area contributed by atoms with Gasteiger partial charge >= 0.3 is 0 Å². The van der Waals surface area contributed by atoms with Gasteiger partial charge in [0.25, 0.3) is 0 Å². The maximum Gasteiger partial charge on any atom is 0.242 e. The molecule has 0 aliphatic rings. The quantitative estimate of drug-likeness (QED) is 0.814. The first-order valence-electron chi connectivity index (χ1n) is 4.02. The molecule has 1 rings (SSSR count). The van der Waals surface area contributed by atoms with Crippen LogP contribution >= 0.6 is 23.7 Å². The van der Waals surface area contributed by atoms with Gasteiger partial charge in [-0.2, -0.15) is 0 Å². The van der Waals surface area contributed by atoms with Crippen LogP contribution in [0.4, 0.5) is 5.13 Å². The molecular formula is C7H13ClN4OS. The SMILES string of the molecule is CCc1nnc(NC(=O)C(C)N)s1.Cl. The van der Waals surface area contributed by atoms with Gasteiger partial charge in [0.15, 0.2) is 0 Å². The van der Waals surface area contributed by atoms with Crippen LogP contribution in [-0.4, -0.2) is 22.1 Å². The second kappa shape index (κ2) is 5.90. The number of carbonyl (C=O) groups is 1. The van der Waals surface area contributed by atoms with Crippen LogP contribution in [0.15, 0.2) is 0 Å². The van der Waals surface area contributed by atoms with Crippen LogP contribution in [0.1, 0.15) is 18.9 Å². The van der Waals surface area contributed by atoms with Crippen molar-refractivity contribution in [1.82, 2.24) is 10.2 Å². The molecule has 1 aromatic heterocycles. The highest BCUT2D eigenvalue weighted by molar-refractivity contribution is 7.15. The van der Waals surface area contributed by atoms with Crippen LogP contribution in [0.3, 0.4) is 0 Å². The highest BCUT2D eigenvalue weighted by Gasteiger charge is 2.10. The predicted octanol–water partition coefficient (Wildman–Crippen LogP) is 0.808. The summed E-state index contributed by atoms with van der Waals surface area (Å²) in [6, 6.07) is -0.519. The Morgan fingerprint density at radius 2 is 2.29 bits per heavy atom. The van der Waals surface area contributed by atoms with E-state index in [9.17, 15) is 4.79 Å². The van der Waals surface area contributed by atoms with Crippen molar-refractivity contribution in [3.63, 3.8) is 0 Å². The predicted molar refractivity (Wildman–Crippen MR) is 58.8 cm³/mol. The van der Waals surface area contributed by atoms with Crippen molar-refractivity contribution in [3.05, 3.63) is 5.01 Å². The summed E-state index contributed by atoms with van der Waals surface area (Å²) < 4.78 is 0. The van der Waals surface area contributed by atoms with E-state index < -0.39 is 6.04 Å². The summed E-state index contributed by atoms with van der Waals surface area (Å²) >= 11 is 1.37. The minimum atomic E-state index is -0.519. The molecule has 0 spiro atoms. The molecule has 1 unspecified atom stereocenters. The molecule has 0 saturated carbocycles. The zero-order valence-electron chi connectivity index (χ0n) is 7.98. The van der Waals surface area contributed by atoms with E-state index in [1.807, 2.05) is 6.92 Å². The molecule has 80 valence electrons. The number of aromatic nitrogens is 2. The Kier molecular flexibility index (Phi) is 5.59. The van der Waals surface area contributed by atoms with Crippen LogP contribution in [-0.2, 0) is 11.2 Å². The molecule has 1 amide bonds. The molecule has 0 aliphatic carbocycles. The molecule has 7 heteroatoms. The molecule has 3 N–H and O–H groups in total. The molecule has 0 aliphatic heterocycles. The van der Waals surface area contributed by atoms with Crippen molar-refractivity contribution >= 4 is 34.8 Å². The number of nitrogens with zero attached hydrogens (tertiary/aromatic N) is 2. The fourth-order valence-electron chi connectivity index (χ4n) is 0.666. The summed E-state index contributed by atoms with van der Waals surface area (Å²) in [6.07, 6.45) is 0.825. The van der Waals surface area contributed by atoms with Crippen molar-refractivity contribution in [2.45, 2.75) is 26.3 Å². The number of carbonyl (C=O) groups excluding carboxylic acids is 1. The van der Waals surface area contributed by atoms with E-state index in [1.54, 1.807) is 6.92 Å². The first-order chi connectivity index (χ1) is 6.13. The third-order valence-corrected chi connectivity index (χ3v) is 2.40.